The largest absolute Gasteiger partial charge is 0.465 e. The molecule has 0 saturated heterocycles. The number of aromatic nitrogens is 1. The minimum atomic E-state index is -0.751. The number of fused-ring (bicyclic) bond motifs is 2. The zero-order valence-electron chi connectivity index (χ0n) is 19.8. The molecule has 1 atom stereocenters. The highest BCUT2D eigenvalue weighted by Gasteiger charge is 2.34. The van der Waals surface area contributed by atoms with E-state index in [2.05, 4.69) is 4.99 Å². The molecule has 0 aliphatic carbocycles. The normalized spacial score (nSPS) is 16.4. The van der Waals surface area contributed by atoms with Crippen LogP contribution in [0, 0.1) is 0 Å². The first-order valence-electron chi connectivity index (χ1n) is 11.2. The Kier molecular flexibility index (Phi) is 6.19. The van der Waals surface area contributed by atoms with Crippen molar-refractivity contribution in [3.8, 4) is 11.5 Å². The summed E-state index contributed by atoms with van der Waals surface area (Å²) in [4.78, 5) is 43.4. The van der Waals surface area contributed by atoms with Crippen LogP contribution in [0.5, 0.6) is 11.5 Å². The Morgan fingerprint density at radius 2 is 1.89 bits per heavy atom. The molecule has 0 unspecified atom stereocenters. The molecule has 3 heterocycles. The number of thiazole rings is 1. The van der Waals surface area contributed by atoms with Gasteiger partial charge in [0.2, 0.25) is 6.79 Å². The average molecular weight is 507 g/mol. The minimum Gasteiger partial charge on any atom is -0.465 e. The summed E-state index contributed by atoms with van der Waals surface area (Å²) in [6.45, 7) is 3.75. The zero-order chi connectivity index (χ0) is 25.4. The summed E-state index contributed by atoms with van der Waals surface area (Å²) >= 11 is 1.22. The summed E-state index contributed by atoms with van der Waals surface area (Å²) in [5.41, 5.74) is 2.28. The van der Waals surface area contributed by atoms with Crippen molar-refractivity contribution in [2.75, 3.05) is 20.5 Å². The third-order valence-electron chi connectivity index (χ3n) is 5.86. The van der Waals surface area contributed by atoms with Crippen LogP contribution in [0.25, 0.3) is 6.08 Å². The molecule has 0 amide bonds. The van der Waals surface area contributed by atoms with E-state index in [9.17, 15) is 14.4 Å². The van der Waals surface area contributed by atoms with Gasteiger partial charge in [-0.2, -0.15) is 0 Å². The molecule has 0 fully saturated rings. The fourth-order valence-electron chi connectivity index (χ4n) is 4.17. The first kappa shape index (κ1) is 23.6. The van der Waals surface area contributed by atoms with Gasteiger partial charge in [-0.25, -0.2) is 14.6 Å². The van der Waals surface area contributed by atoms with E-state index in [0.717, 1.165) is 5.56 Å². The highest BCUT2D eigenvalue weighted by molar-refractivity contribution is 7.07. The van der Waals surface area contributed by atoms with E-state index in [4.69, 9.17) is 18.9 Å². The standard InChI is InChI=1S/C26H22N2O7S/c1-4-33-25(31)21-14(2)27-26-28(22(21)17-9-10-18-19(12-17)35-13-34-18)23(29)20(36-26)11-15-5-7-16(8-6-15)24(30)32-3/h5-12,22H,4,13H2,1-3H3/b20-11+/t22-/m0/s1. The lowest BCUT2D eigenvalue weighted by Gasteiger charge is -2.24. The lowest BCUT2D eigenvalue weighted by molar-refractivity contribution is -0.139. The van der Waals surface area contributed by atoms with Crippen LogP contribution < -0.4 is 24.4 Å². The van der Waals surface area contributed by atoms with Gasteiger partial charge in [-0.05, 0) is 55.3 Å². The minimum absolute atomic E-state index is 0.107. The number of nitrogens with zero attached hydrogens (tertiary/aromatic N) is 2. The van der Waals surface area contributed by atoms with Crippen molar-refractivity contribution >= 4 is 29.4 Å². The maximum atomic E-state index is 13.7. The van der Waals surface area contributed by atoms with Crippen LogP contribution in [0.3, 0.4) is 0 Å². The molecule has 2 aliphatic rings. The fourth-order valence-corrected chi connectivity index (χ4v) is 5.22. The van der Waals surface area contributed by atoms with E-state index in [1.165, 1.54) is 23.0 Å². The Hall–Kier alpha value is -4.18. The quantitative estimate of drug-likeness (QED) is 0.489. The van der Waals surface area contributed by atoms with Crippen molar-refractivity contribution in [3.05, 3.63) is 90.1 Å². The molecule has 0 saturated carbocycles. The lowest BCUT2D eigenvalue weighted by Crippen LogP contribution is -2.39. The number of hydrogen-bond donors (Lipinski definition) is 0. The van der Waals surface area contributed by atoms with Crippen LogP contribution in [-0.4, -0.2) is 37.0 Å². The molecule has 9 nitrogen and oxygen atoms in total. The first-order valence-corrected chi connectivity index (χ1v) is 12.0. The van der Waals surface area contributed by atoms with Gasteiger partial charge in [0.1, 0.15) is 0 Å². The molecule has 3 aromatic rings. The number of hydrogen-bond acceptors (Lipinski definition) is 9. The molecular weight excluding hydrogens is 484 g/mol. The maximum absolute atomic E-state index is 13.7. The van der Waals surface area contributed by atoms with E-state index >= 15 is 0 Å². The van der Waals surface area contributed by atoms with Gasteiger partial charge in [-0.3, -0.25) is 9.36 Å². The number of esters is 2. The molecule has 10 heteroatoms. The fraction of sp³-hybridized carbons (Fsp3) is 0.231. The summed E-state index contributed by atoms with van der Waals surface area (Å²) in [6, 6.07) is 11.3. The van der Waals surface area contributed by atoms with Gasteiger partial charge in [-0.1, -0.05) is 29.5 Å². The lowest BCUT2D eigenvalue weighted by atomic mass is 9.95. The second-order valence-electron chi connectivity index (χ2n) is 8.03. The second kappa shape index (κ2) is 9.46. The molecule has 36 heavy (non-hydrogen) atoms. The Morgan fingerprint density at radius 3 is 2.61 bits per heavy atom. The molecule has 0 spiro atoms. The zero-order valence-corrected chi connectivity index (χ0v) is 20.6. The average Bonchev–Trinajstić information content (AvgIpc) is 3.47. The molecule has 0 N–H and O–H groups in total. The van der Waals surface area contributed by atoms with Crippen LogP contribution in [0.2, 0.25) is 0 Å². The van der Waals surface area contributed by atoms with Gasteiger partial charge in [-0.15, -0.1) is 0 Å². The number of carbonyl (C=O) groups is 2. The Labute approximate surface area is 209 Å². The topological polar surface area (TPSA) is 105 Å². The van der Waals surface area contributed by atoms with Gasteiger partial charge in [0.25, 0.3) is 5.56 Å². The molecule has 184 valence electrons. The molecule has 1 aromatic heterocycles. The predicted molar refractivity (Wildman–Crippen MR) is 131 cm³/mol. The molecular formula is C26H22N2O7S. The summed E-state index contributed by atoms with van der Waals surface area (Å²) < 4.78 is 23.0. The molecule has 5 rings (SSSR count). The number of allylic oxidation sites excluding steroid dienone is 1. The van der Waals surface area contributed by atoms with Crippen molar-refractivity contribution in [1.82, 2.24) is 4.57 Å². The smallest absolute Gasteiger partial charge is 0.338 e. The van der Waals surface area contributed by atoms with E-state index in [-0.39, 0.29) is 24.5 Å². The molecule has 2 aromatic carbocycles. The maximum Gasteiger partial charge on any atom is 0.338 e. The van der Waals surface area contributed by atoms with Gasteiger partial charge >= 0.3 is 11.9 Å². The van der Waals surface area contributed by atoms with Crippen molar-refractivity contribution in [2.45, 2.75) is 19.9 Å². The van der Waals surface area contributed by atoms with Gasteiger partial charge in [0, 0.05) is 0 Å². The van der Waals surface area contributed by atoms with Crippen molar-refractivity contribution < 1.29 is 28.5 Å². The third-order valence-corrected chi connectivity index (χ3v) is 6.84. The van der Waals surface area contributed by atoms with Gasteiger partial charge in [0.15, 0.2) is 16.3 Å². The van der Waals surface area contributed by atoms with Crippen LogP contribution in [0.1, 0.15) is 41.4 Å². The van der Waals surface area contributed by atoms with E-state index < -0.39 is 18.0 Å². The predicted octanol–water partition coefficient (Wildman–Crippen LogP) is 2.31. The van der Waals surface area contributed by atoms with Crippen molar-refractivity contribution in [1.29, 1.82) is 0 Å². The SMILES string of the molecule is CCOC(=O)C1=C(C)N=c2s/c(=C/c3ccc(C(=O)OC)cc3)c(=O)n2[C@H]1c1ccc2c(c1)OCO2. The van der Waals surface area contributed by atoms with Gasteiger partial charge in [0.05, 0.1) is 41.1 Å². The number of rotatable bonds is 5. The molecule has 0 radical (unpaired) electrons. The van der Waals surface area contributed by atoms with E-state index in [1.807, 2.05) is 0 Å². The Bertz CT molecular complexity index is 1580. The number of carbonyl (C=O) groups excluding carboxylic acids is 2. The van der Waals surface area contributed by atoms with E-state index in [1.54, 1.807) is 62.4 Å². The van der Waals surface area contributed by atoms with Crippen molar-refractivity contribution in [2.24, 2.45) is 4.99 Å². The molecule has 0 bridgehead atoms. The second-order valence-corrected chi connectivity index (χ2v) is 9.04. The third kappa shape index (κ3) is 4.09. The Morgan fingerprint density at radius 1 is 1.14 bits per heavy atom. The van der Waals surface area contributed by atoms with Gasteiger partial charge < -0.3 is 18.9 Å². The highest BCUT2D eigenvalue weighted by Crippen LogP contribution is 2.38. The number of benzene rings is 2. The van der Waals surface area contributed by atoms with E-state index in [0.29, 0.717) is 37.7 Å². The highest BCUT2D eigenvalue weighted by atomic mass is 32.1. The first-order chi connectivity index (χ1) is 17.4. The van der Waals surface area contributed by atoms with Crippen LogP contribution in [-0.2, 0) is 14.3 Å². The monoisotopic (exact) mass is 506 g/mol. The number of ether oxygens (including phenoxy) is 4. The molecule has 2 aliphatic heterocycles. The van der Waals surface area contributed by atoms with Crippen LogP contribution >= 0.6 is 11.3 Å². The summed E-state index contributed by atoms with van der Waals surface area (Å²) in [6.07, 6.45) is 1.73. The summed E-state index contributed by atoms with van der Waals surface area (Å²) in [5.74, 6) is 0.166. The van der Waals surface area contributed by atoms with Crippen LogP contribution in [0.4, 0.5) is 0 Å². The Balaban J connectivity index is 1.66. The summed E-state index contributed by atoms with van der Waals surface area (Å²) in [5, 5.41) is 0. The van der Waals surface area contributed by atoms with Crippen molar-refractivity contribution in [3.63, 3.8) is 0 Å². The summed E-state index contributed by atoms with van der Waals surface area (Å²) in [7, 11) is 1.32. The number of methoxy groups -OCH3 is 1. The van der Waals surface area contributed by atoms with Crippen LogP contribution in [0.15, 0.2) is 63.5 Å².